The van der Waals surface area contributed by atoms with Gasteiger partial charge in [-0.25, -0.2) is 0 Å². The molecule has 0 saturated carbocycles. The van der Waals surface area contributed by atoms with Crippen LogP contribution in [0.3, 0.4) is 0 Å². The maximum atomic E-state index is 9.57. The van der Waals surface area contributed by atoms with Crippen LogP contribution >= 0.6 is 0 Å². The maximum Gasteiger partial charge on any atom is 0.0682 e. The van der Waals surface area contributed by atoms with Gasteiger partial charge in [-0.3, -0.25) is 4.90 Å². The second-order valence-electron chi connectivity index (χ2n) is 4.67. The van der Waals surface area contributed by atoms with Crippen molar-refractivity contribution in [1.29, 1.82) is 0 Å². The molecule has 0 amide bonds. The van der Waals surface area contributed by atoms with Gasteiger partial charge in [0, 0.05) is 12.6 Å². The van der Waals surface area contributed by atoms with Crippen molar-refractivity contribution in [2.75, 3.05) is 13.1 Å². The Balaban J connectivity index is 2.40. The fourth-order valence-electron chi connectivity index (χ4n) is 2.31. The van der Waals surface area contributed by atoms with Crippen LogP contribution in [0.15, 0.2) is 0 Å². The van der Waals surface area contributed by atoms with Crippen LogP contribution < -0.4 is 0 Å². The molecule has 0 aromatic rings. The van der Waals surface area contributed by atoms with Crippen molar-refractivity contribution in [3.63, 3.8) is 0 Å². The number of β-amino-alcohol motifs (C(OH)–C–C–N with tert-alkyl or cyclic N) is 1. The number of rotatable bonds is 4. The van der Waals surface area contributed by atoms with Gasteiger partial charge in [0.25, 0.3) is 0 Å². The molecule has 1 N–H and O–H groups in total. The third-order valence-corrected chi connectivity index (χ3v) is 2.76. The molecule has 2 heteroatoms. The monoisotopic (exact) mass is 185 g/mol. The van der Waals surface area contributed by atoms with Gasteiger partial charge in [0.15, 0.2) is 0 Å². The van der Waals surface area contributed by atoms with Crippen molar-refractivity contribution in [2.45, 2.75) is 52.2 Å². The molecule has 0 aromatic heterocycles. The van der Waals surface area contributed by atoms with E-state index in [0.29, 0.717) is 6.04 Å². The first-order chi connectivity index (χ1) is 6.13. The molecular formula is C11H23NO. The predicted octanol–water partition coefficient (Wildman–Crippen LogP) is 1.88. The maximum absolute atomic E-state index is 9.57. The van der Waals surface area contributed by atoms with E-state index in [-0.39, 0.29) is 6.10 Å². The molecule has 1 aliphatic heterocycles. The summed E-state index contributed by atoms with van der Waals surface area (Å²) in [6, 6.07) is 0.634. The highest BCUT2D eigenvalue weighted by Crippen LogP contribution is 2.23. The normalized spacial score (nSPS) is 30.2. The Hall–Kier alpha value is -0.0800. The lowest BCUT2D eigenvalue weighted by molar-refractivity contribution is 0.174. The fourth-order valence-corrected chi connectivity index (χ4v) is 2.31. The molecule has 0 aliphatic carbocycles. The highest BCUT2D eigenvalue weighted by Gasteiger charge is 2.30. The van der Waals surface area contributed by atoms with Crippen LogP contribution in [-0.2, 0) is 0 Å². The van der Waals surface area contributed by atoms with Gasteiger partial charge in [0.1, 0.15) is 0 Å². The van der Waals surface area contributed by atoms with Gasteiger partial charge >= 0.3 is 0 Å². The Morgan fingerprint density at radius 1 is 1.46 bits per heavy atom. The molecule has 2 atom stereocenters. The Morgan fingerprint density at radius 3 is 2.69 bits per heavy atom. The van der Waals surface area contributed by atoms with Crippen LogP contribution in [0.1, 0.15) is 40.0 Å². The van der Waals surface area contributed by atoms with Gasteiger partial charge in [0.2, 0.25) is 0 Å². The third kappa shape index (κ3) is 3.28. The molecule has 0 bridgehead atoms. The summed E-state index contributed by atoms with van der Waals surface area (Å²) in [4.78, 5) is 2.45. The highest BCUT2D eigenvalue weighted by molar-refractivity contribution is 4.85. The van der Waals surface area contributed by atoms with E-state index in [9.17, 15) is 5.11 Å². The van der Waals surface area contributed by atoms with E-state index < -0.39 is 0 Å². The fraction of sp³-hybridized carbons (Fsp3) is 1.00. The number of hydrogen-bond donors (Lipinski definition) is 1. The lowest BCUT2D eigenvalue weighted by Gasteiger charge is -2.24. The molecular weight excluding hydrogens is 162 g/mol. The summed E-state index contributed by atoms with van der Waals surface area (Å²) in [5, 5.41) is 9.57. The Labute approximate surface area is 81.9 Å². The van der Waals surface area contributed by atoms with Gasteiger partial charge in [-0.2, -0.15) is 0 Å². The standard InChI is InChI=1S/C11H23NO/c1-4-5-12-8-11(13)7-10(12)6-9(2)3/h9-11,13H,4-8H2,1-3H3. The molecule has 1 fully saturated rings. The molecule has 0 radical (unpaired) electrons. The molecule has 1 aliphatic rings. The molecule has 1 heterocycles. The second kappa shape index (κ2) is 4.97. The van der Waals surface area contributed by atoms with Crippen LogP contribution in [0.2, 0.25) is 0 Å². The lowest BCUT2D eigenvalue weighted by Crippen LogP contribution is -2.31. The zero-order valence-corrected chi connectivity index (χ0v) is 9.16. The molecule has 0 spiro atoms. The zero-order chi connectivity index (χ0) is 9.84. The van der Waals surface area contributed by atoms with Crippen LogP contribution in [0.4, 0.5) is 0 Å². The first-order valence-electron chi connectivity index (χ1n) is 5.55. The summed E-state index contributed by atoms with van der Waals surface area (Å²) in [7, 11) is 0. The average molecular weight is 185 g/mol. The molecule has 2 unspecified atom stereocenters. The number of aliphatic hydroxyl groups excluding tert-OH is 1. The molecule has 1 saturated heterocycles. The minimum Gasteiger partial charge on any atom is -0.392 e. The molecule has 2 nitrogen and oxygen atoms in total. The largest absolute Gasteiger partial charge is 0.392 e. The van der Waals surface area contributed by atoms with Crippen molar-refractivity contribution < 1.29 is 5.11 Å². The summed E-state index contributed by atoms with van der Waals surface area (Å²) in [6.45, 7) is 8.76. The predicted molar refractivity (Wildman–Crippen MR) is 55.7 cm³/mol. The molecule has 0 aromatic carbocycles. The minimum absolute atomic E-state index is 0.0738. The van der Waals surface area contributed by atoms with E-state index in [0.717, 1.165) is 25.4 Å². The van der Waals surface area contributed by atoms with Crippen LogP contribution in [0, 0.1) is 5.92 Å². The smallest absolute Gasteiger partial charge is 0.0682 e. The van der Waals surface area contributed by atoms with Gasteiger partial charge in [-0.1, -0.05) is 20.8 Å². The third-order valence-electron chi connectivity index (χ3n) is 2.76. The van der Waals surface area contributed by atoms with Crippen LogP contribution in [-0.4, -0.2) is 35.2 Å². The Bertz CT molecular complexity index is 147. The lowest BCUT2D eigenvalue weighted by atomic mass is 10.0. The molecule has 1 rings (SSSR count). The van der Waals surface area contributed by atoms with Crippen LogP contribution in [0.25, 0.3) is 0 Å². The SMILES string of the molecule is CCCN1CC(O)CC1CC(C)C. The summed E-state index contributed by atoms with van der Waals surface area (Å²) in [5.41, 5.74) is 0. The second-order valence-corrected chi connectivity index (χ2v) is 4.67. The van der Waals surface area contributed by atoms with E-state index in [1.54, 1.807) is 0 Å². The quantitative estimate of drug-likeness (QED) is 0.723. The van der Waals surface area contributed by atoms with Gasteiger partial charge in [-0.05, 0) is 31.7 Å². The number of hydrogen-bond acceptors (Lipinski definition) is 2. The summed E-state index contributed by atoms with van der Waals surface area (Å²) < 4.78 is 0. The average Bonchev–Trinajstić information content (AvgIpc) is 2.31. The van der Waals surface area contributed by atoms with Crippen molar-refractivity contribution >= 4 is 0 Å². The highest BCUT2D eigenvalue weighted by atomic mass is 16.3. The topological polar surface area (TPSA) is 23.5 Å². The minimum atomic E-state index is -0.0738. The number of likely N-dealkylation sites (tertiary alicyclic amines) is 1. The van der Waals surface area contributed by atoms with Crippen molar-refractivity contribution in [1.82, 2.24) is 4.90 Å². The van der Waals surface area contributed by atoms with E-state index in [1.807, 2.05) is 0 Å². The van der Waals surface area contributed by atoms with Crippen molar-refractivity contribution in [2.24, 2.45) is 5.92 Å². The summed E-state index contributed by atoms with van der Waals surface area (Å²) in [5.74, 6) is 0.745. The van der Waals surface area contributed by atoms with Gasteiger partial charge in [0.05, 0.1) is 6.10 Å². The van der Waals surface area contributed by atoms with Gasteiger partial charge in [-0.15, -0.1) is 0 Å². The van der Waals surface area contributed by atoms with E-state index in [1.165, 1.54) is 12.8 Å². The van der Waals surface area contributed by atoms with Crippen molar-refractivity contribution in [3.05, 3.63) is 0 Å². The summed E-state index contributed by atoms with van der Waals surface area (Å²) in [6.07, 6.45) is 3.34. The van der Waals surface area contributed by atoms with Crippen LogP contribution in [0.5, 0.6) is 0 Å². The van der Waals surface area contributed by atoms with E-state index >= 15 is 0 Å². The van der Waals surface area contributed by atoms with E-state index in [4.69, 9.17) is 0 Å². The van der Waals surface area contributed by atoms with Crippen molar-refractivity contribution in [3.8, 4) is 0 Å². The Morgan fingerprint density at radius 2 is 2.15 bits per heavy atom. The molecule has 13 heavy (non-hydrogen) atoms. The first-order valence-corrected chi connectivity index (χ1v) is 5.55. The van der Waals surface area contributed by atoms with E-state index in [2.05, 4.69) is 25.7 Å². The Kier molecular flexibility index (Phi) is 4.20. The first kappa shape index (κ1) is 11.0. The van der Waals surface area contributed by atoms with Gasteiger partial charge < -0.3 is 5.11 Å². The molecule has 78 valence electrons. The number of nitrogens with zero attached hydrogens (tertiary/aromatic N) is 1. The zero-order valence-electron chi connectivity index (χ0n) is 9.16. The number of aliphatic hydroxyl groups is 1. The summed E-state index contributed by atoms with van der Waals surface area (Å²) >= 11 is 0.